The molecule has 4 amide bonds. The summed E-state index contributed by atoms with van der Waals surface area (Å²) in [7, 11) is 0. The van der Waals surface area contributed by atoms with E-state index in [1.807, 2.05) is 12.2 Å². The molecule has 1 saturated carbocycles. The standard InChI is InChI=1S/C16H16N4O3/c21-14-12-9-4-5-10(7-9)13(12)15(22)20(14)8-18-16(23)19-11-3-1-2-6-17-11/h1-6,9-10,12-13H,7-8H2,(H2,17,18,19,23)/t9-,10-,12+,13+/m0/s1. The van der Waals surface area contributed by atoms with Crippen LogP contribution >= 0.6 is 0 Å². The number of anilines is 1. The third-order valence-electron chi connectivity index (χ3n) is 4.87. The molecule has 2 fully saturated rings. The summed E-state index contributed by atoms with van der Waals surface area (Å²) in [5.41, 5.74) is 0. The molecular formula is C16H16N4O3. The van der Waals surface area contributed by atoms with Crippen LogP contribution in [0.4, 0.5) is 10.6 Å². The lowest BCUT2D eigenvalue weighted by Crippen LogP contribution is -2.43. The molecule has 0 spiro atoms. The number of amides is 4. The van der Waals surface area contributed by atoms with Gasteiger partial charge in [-0.25, -0.2) is 9.78 Å². The molecule has 4 atom stereocenters. The number of likely N-dealkylation sites (tertiary alicyclic amines) is 1. The van der Waals surface area contributed by atoms with Crippen molar-refractivity contribution in [2.75, 3.05) is 12.0 Å². The fourth-order valence-corrected chi connectivity index (χ4v) is 3.87. The average molecular weight is 312 g/mol. The number of allylic oxidation sites excluding steroid dienone is 2. The Hall–Kier alpha value is -2.70. The molecular weight excluding hydrogens is 296 g/mol. The predicted molar refractivity (Wildman–Crippen MR) is 80.8 cm³/mol. The molecule has 0 radical (unpaired) electrons. The summed E-state index contributed by atoms with van der Waals surface area (Å²) in [6.45, 7) is -0.108. The Morgan fingerprint density at radius 1 is 1.17 bits per heavy atom. The van der Waals surface area contributed by atoms with Crippen molar-refractivity contribution in [2.24, 2.45) is 23.7 Å². The highest BCUT2D eigenvalue weighted by atomic mass is 16.2. The summed E-state index contributed by atoms with van der Waals surface area (Å²) >= 11 is 0. The first kappa shape index (κ1) is 13.9. The molecule has 2 bridgehead atoms. The van der Waals surface area contributed by atoms with Gasteiger partial charge in [-0.3, -0.25) is 19.8 Å². The molecule has 0 unspecified atom stereocenters. The van der Waals surface area contributed by atoms with Gasteiger partial charge in [0.15, 0.2) is 0 Å². The lowest BCUT2D eigenvalue weighted by Gasteiger charge is -2.17. The summed E-state index contributed by atoms with van der Waals surface area (Å²) in [5, 5.41) is 5.10. The van der Waals surface area contributed by atoms with Gasteiger partial charge in [0.25, 0.3) is 0 Å². The van der Waals surface area contributed by atoms with Crippen LogP contribution in [0.5, 0.6) is 0 Å². The van der Waals surface area contributed by atoms with Crippen LogP contribution in [0.15, 0.2) is 36.5 Å². The van der Waals surface area contributed by atoms with Crippen molar-refractivity contribution in [3.05, 3.63) is 36.5 Å². The first-order valence-electron chi connectivity index (χ1n) is 7.64. The van der Waals surface area contributed by atoms with E-state index in [0.717, 1.165) is 6.42 Å². The van der Waals surface area contributed by atoms with Gasteiger partial charge >= 0.3 is 6.03 Å². The largest absolute Gasteiger partial charge is 0.321 e. The Labute approximate surface area is 132 Å². The highest BCUT2D eigenvalue weighted by Crippen LogP contribution is 2.52. The van der Waals surface area contributed by atoms with Crippen molar-refractivity contribution < 1.29 is 14.4 Å². The minimum Gasteiger partial charge on any atom is -0.320 e. The van der Waals surface area contributed by atoms with Gasteiger partial charge in [-0.2, -0.15) is 0 Å². The normalized spacial score (nSPS) is 30.7. The second-order valence-corrected chi connectivity index (χ2v) is 6.11. The Kier molecular flexibility index (Phi) is 3.14. The van der Waals surface area contributed by atoms with Gasteiger partial charge in [-0.15, -0.1) is 0 Å². The summed E-state index contributed by atoms with van der Waals surface area (Å²) in [6, 6.07) is 4.65. The second kappa shape index (κ2) is 5.19. The van der Waals surface area contributed by atoms with Gasteiger partial charge < -0.3 is 5.32 Å². The molecule has 2 aliphatic carbocycles. The summed E-state index contributed by atoms with van der Waals surface area (Å²) in [5.74, 6) is -0.0629. The van der Waals surface area contributed by atoms with E-state index in [1.165, 1.54) is 4.90 Å². The van der Waals surface area contributed by atoms with Crippen LogP contribution in [0.3, 0.4) is 0 Å². The molecule has 7 heteroatoms. The molecule has 0 aromatic carbocycles. The van der Waals surface area contributed by atoms with Crippen molar-refractivity contribution in [1.29, 1.82) is 0 Å². The quantitative estimate of drug-likeness (QED) is 0.642. The number of hydrogen-bond donors (Lipinski definition) is 2. The van der Waals surface area contributed by atoms with E-state index in [2.05, 4.69) is 15.6 Å². The third-order valence-corrected chi connectivity index (χ3v) is 4.87. The number of pyridine rings is 1. The molecule has 2 heterocycles. The molecule has 118 valence electrons. The van der Waals surface area contributed by atoms with Crippen LogP contribution < -0.4 is 10.6 Å². The zero-order valence-electron chi connectivity index (χ0n) is 12.3. The van der Waals surface area contributed by atoms with E-state index in [4.69, 9.17) is 0 Å². The Balaban J connectivity index is 1.38. The number of hydrogen-bond acceptors (Lipinski definition) is 4. The maximum Gasteiger partial charge on any atom is 0.321 e. The van der Waals surface area contributed by atoms with Crippen LogP contribution in [0.1, 0.15) is 6.42 Å². The zero-order chi connectivity index (χ0) is 16.0. The Morgan fingerprint density at radius 3 is 2.48 bits per heavy atom. The summed E-state index contributed by atoms with van der Waals surface area (Å²) < 4.78 is 0. The molecule has 1 aromatic heterocycles. The van der Waals surface area contributed by atoms with Gasteiger partial charge in [0.1, 0.15) is 12.5 Å². The predicted octanol–water partition coefficient (Wildman–Crippen LogP) is 0.968. The molecule has 1 aliphatic heterocycles. The van der Waals surface area contributed by atoms with E-state index in [0.29, 0.717) is 5.82 Å². The number of nitrogens with one attached hydrogen (secondary N) is 2. The fraction of sp³-hybridized carbons (Fsp3) is 0.375. The monoisotopic (exact) mass is 312 g/mol. The number of urea groups is 1. The van der Waals surface area contributed by atoms with Gasteiger partial charge in [0.05, 0.1) is 11.8 Å². The summed E-state index contributed by atoms with van der Waals surface area (Å²) in [4.78, 5) is 41.9. The maximum absolute atomic E-state index is 12.4. The Bertz CT molecular complexity index is 673. The van der Waals surface area contributed by atoms with Crippen molar-refractivity contribution in [3.8, 4) is 0 Å². The van der Waals surface area contributed by atoms with Crippen LogP contribution in [0.2, 0.25) is 0 Å². The Morgan fingerprint density at radius 2 is 1.87 bits per heavy atom. The molecule has 3 aliphatic rings. The SMILES string of the molecule is O=C(NCN1C(=O)[C@H]2[C@H](C1=O)[C@H]1C=C[C@H]2C1)Nc1ccccn1. The number of carbonyl (C=O) groups is 3. The third kappa shape index (κ3) is 2.19. The average Bonchev–Trinajstić information content (AvgIpc) is 3.22. The highest BCUT2D eigenvalue weighted by molar-refractivity contribution is 6.06. The topological polar surface area (TPSA) is 91.4 Å². The van der Waals surface area contributed by atoms with E-state index < -0.39 is 6.03 Å². The maximum atomic E-state index is 12.4. The molecule has 2 N–H and O–H groups in total. The van der Waals surface area contributed by atoms with Gasteiger partial charge in [0, 0.05) is 6.20 Å². The van der Waals surface area contributed by atoms with Crippen molar-refractivity contribution in [3.63, 3.8) is 0 Å². The van der Waals surface area contributed by atoms with Crippen LogP contribution in [-0.2, 0) is 9.59 Å². The van der Waals surface area contributed by atoms with Crippen LogP contribution in [-0.4, -0.2) is 34.4 Å². The number of aromatic nitrogens is 1. The van der Waals surface area contributed by atoms with Crippen molar-refractivity contribution in [2.45, 2.75) is 6.42 Å². The fourth-order valence-electron chi connectivity index (χ4n) is 3.87. The zero-order valence-corrected chi connectivity index (χ0v) is 12.3. The molecule has 4 rings (SSSR count). The van der Waals surface area contributed by atoms with E-state index in [9.17, 15) is 14.4 Å². The number of rotatable bonds is 3. The molecule has 1 saturated heterocycles. The smallest absolute Gasteiger partial charge is 0.320 e. The number of carbonyl (C=O) groups excluding carboxylic acids is 3. The number of fused-ring (bicyclic) bond motifs is 5. The lowest BCUT2D eigenvalue weighted by molar-refractivity contribution is -0.140. The molecule has 23 heavy (non-hydrogen) atoms. The van der Waals surface area contributed by atoms with E-state index in [1.54, 1.807) is 24.4 Å². The lowest BCUT2D eigenvalue weighted by atomic mass is 9.85. The minimum absolute atomic E-state index is 0.108. The molecule has 1 aromatic rings. The molecule has 7 nitrogen and oxygen atoms in total. The number of imide groups is 1. The van der Waals surface area contributed by atoms with Crippen LogP contribution in [0, 0.1) is 23.7 Å². The van der Waals surface area contributed by atoms with Gasteiger partial charge in [-0.05, 0) is 30.4 Å². The number of nitrogens with zero attached hydrogens (tertiary/aromatic N) is 2. The summed E-state index contributed by atoms with van der Waals surface area (Å²) in [6.07, 6.45) is 6.55. The van der Waals surface area contributed by atoms with Gasteiger partial charge in [0.2, 0.25) is 11.8 Å². The van der Waals surface area contributed by atoms with Crippen LogP contribution in [0.25, 0.3) is 0 Å². The van der Waals surface area contributed by atoms with Crippen molar-refractivity contribution >= 4 is 23.7 Å². The van der Waals surface area contributed by atoms with Gasteiger partial charge in [-0.1, -0.05) is 18.2 Å². The minimum atomic E-state index is -0.498. The first-order valence-corrected chi connectivity index (χ1v) is 7.64. The first-order chi connectivity index (χ1) is 11.1. The second-order valence-electron chi connectivity index (χ2n) is 6.11. The van der Waals surface area contributed by atoms with E-state index in [-0.39, 0.29) is 42.2 Å². The van der Waals surface area contributed by atoms with Crippen molar-refractivity contribution in [1.82, 2.24) is 15.2 Å². The van der Waals surface area contributed by atoms with E-state index >= 15 is 0 Å². The highest BCUT2D eigenvalue weighted by Gasteiger charge is 2.59.